The van der Waals surface area contributed by atoms with Gasteiger partial charge in [-0.3, -0.25) is 0 Å². The van der Waals surface area contributed by atoms with Gasteiger partial charge in [0.1, 0.15) is 0 Å². The van der Waals surface area contributed by atoms with E-state index in [1.807, 2.05) is 243 Å². The van der Waals surface area contributed by atoms with Gasteiger partial charge in [-0.2, -0.15) is 0 Å². The molecule has 24 nitrogen and oxygen atoms in total. The van der Waals surface area contributed by atoms with E-state index in [9.17, 15) is 0 Å². The first-order chi connectivity index (χ1) is 53.1. The zero-order valence-electron chi connectivity index (χ0n) is 58.6. The summed E-state index contributed by atoms with van der Waals surface area (Å²) in [7, 11) is 0. The fourth-order valence-corrected chi connectivity index (χ4v) is 8.71. The van der Waals surface area contributed by atoms with Gasteiger partial charge in [0.05, 0.1) is 21.4 Å². The van der Waals surface area contributed by atoms with E-state index in [0.717, 1.165) is 21.5 Å². The summed E-state index contributed by atoms with van der Waals surface area (Å²) in [5.41, 5.74) is 2.35. The van der Waals surface area contributed by atoms with Gasteiger partial charge in [-0.05, 0) is 168 Å². The summed E-state index contributed by atoms with van der Waals surface area (Å²) in [5, 5.41) is 39.7. The van der Waals surface area contributed by atoms with Crippen molar-refractivity contribution in [2.45, 2.75) is 0 Å². The minimum absolute atomic E-state index is 0. The Kier molecular flexibility index (Phi) is 53.1. The Morgan fingerprint density at radius 3 is 0.374 bits per heavy atom. The van der Waals surface area contributed by atoms with Crippen molar-refractivity contribution in [1.82, 2.24) is 79.7 Å². The summed E-state index contributed by atoms with van der Waals surface area (Å²) in [6, 6.07) is 74.6. The van der Waals surface area contributed by atoms with Gasteiger partial charge in [-0.1, -0.05) is 146 Å². The molecule has 16 heterocycles. The van der Waals surface area contributed by atoms with E-state index in [1.165, 1.54) is 0 Å². The van der Waals surface area contributed by atoms with Gasteiger partial charge in [0.2, 0.25) is 0 Å². The molecule has 0 fully saturated rings. The maximum absolute atomic E-state index is 4.76. The molecule has 0 saturated heterocycles. The molecular weight excluding hydrogens is 2010 g/mol. The molecule has 0 atom stereocenters. The molecule has 0 saturated carbocycles. The van der Waals surface area contributed by atoms with Crippen LogP contribution in [0.4, 0.5) is 93.1 Å². The van der Waals surface area contributed by atoms with Crippen molar-refractivity contribution in [3.8, 4) is 0 Å². The standard InChI is InChI=1S/4C18H12N6.4CH2Cl2.2BrH.5Cu/c4*1-3-11-19-14(5-1)21-16-9-7-13-8-10-17(24-18(13)23-16)22-15-6-2-4-12-20-15;4*2-1-3;;;;;;;/h4*1-12H;4*1H2;2*1H;;;;;/q4*-2;;;;;;;5*+2/p-2. The first-order valence-corrected chi connectivity index (χ1v) is 36.0. The van der Waals surface area contributed by atoms with Gasteiger partial charge in [0.25, 0.3) is 0 Å². The van der Waals surface area contributed by atoms with Crippen LogP contribution in [-0.2, 0) is 85.3 Å². The Labute approximate surface area is 777 Å². The summed E-state index contributed by atoms with van der Waals surface area (Å²) in [4.78, 5) is 69.2. The molecular formula is C76H56Br2Cl8Cu5N24. The van der Waals surface area contributed by atoms with Gasteiger partial charge in [0.15, 0.2) is 0 Å². The van der Waals surface area contributed by atoms with Crippen LogP contribution < -0.4 is 34.0 Å². The second-order valence-corrected chi connectivity index (χ2v) is 23.6. The third-order valence-corrected chi connectivity index (χ3v) is 13.1. The van der Waals surface area contributed by atoms with Crippen molar-refractivity contribution >= 4 is 230 Å². The third kappa shape index (κ3) is 36.8. The molecule has 5 radical (unpaired) electrons. The quantitative estimate of drug-likeness (QED) is 0.0641. The van der Waals surface area contributed by atoms with Crippen molar-refractivity contribution in [3.05, 3.63) is 335 Å². The Morgan fingerprint density at radius 2 is 0.278 bits per heavy atom. The van der Waals surface area contributed by atoms with Crippen LogP contribution in [0.3, 0.4) is 0 Å². The molecule has 0 amide bonds. The van der Waals surface area contributed by atoms with Crippen LogP contribution in [0.1, 0.15) is 0 Å². The van der Waals surface area contributed by atoms with E-state index in [-0.39, 0.29) is 141 Å². The fourth-order valence-electron chi connectivity index (χ4n) is 8.71. The van der Waals surface area contributed by atoms with Gasteiger partial charge >= 0.3 is 85.3 Å². The van der Waals surface area contributed by atoms with Crippen LogP contribution >= 0.6 is 92.8 Å². The molecule has 16 rings (SSSR count). The zero-order valence-corrected chi connectivity index (χ0v) is 72.5. The Balaban J connectivity index is 0.000000487. The van der Waals surface area contributed by atoms with Gasteiger partial charge in [-0.25, -0.2) is 0 Å². The molecule has 0 unspecified atom stereocenters. The van der Waals surface area contributed by atoms with E-state index in [1.54, 1.807) is 49.6 Å². The zero-order chi connectivity index (χ0) is 75.6. The predicted octanol–water partition coefficient (Wildman–Crippen LogP) is 20.1. The molecule has 0 aliphatic heterocycles. The molecule has 605 valence electrons. The van der Waals surface area contributed by atoms with Crippen LogP contribution in [0.15, 0.2) is 292 Å². The summed E-state index contributed by atoms with van der Waals surface area (Å²) in [6.45, 7) is 0. The number of aromatic nitrogens is 16. The number of rotatable bonds is 16. The van der Waals surface area contributed by atoms with Crippen molar-refractivity contribution in [2.75, 3.05) is 21.4 Å². The molecule has 0 aliphatic rings. The molecule has 115 heavy (non-hydrogen) atoms. The molecule has 16 aromatic heterocycles. The monoisotopic (exact) mass is 2060 g/mol. The summed E-state index contributed by atoms with van der Waals surface area (Å²) in [5.74, 6) is 9.35. The first-order valence-electron chi connectivity index (χ1n) is 31.7. The van der Waals surface area contributed by atoms with E-state index in [2.05, 4.69) is 122 Å². The van der Waals surface area contributed by atoms with Crippen LogP contribution in [0.25, 0.3) is 86.7 Å². The van der Waals surface area contributed by atoms with Crippen LogP contribution in [0, 0.1) is 0 Å². The number of hydrogen-bond donors (Lipinski definition) is 0. The Bertz CT molecular complexity index is 4330. The van der Waals surface area contributed by atoms with Crippen molar-refractivity contribution < 1.29 is 119 Å². The topological polar surface area (TPSA) is 319 Å². The molecule has 0 aliphatic carbocycles. The molecule has 16 aromatic rings. The molecule has 0 bridgehead atoms. The number of pyridine rings is 16. The van der Waals surface area contributed by atoms with Crippen molar-refractivity contribution in [3.63, 3.8) is 0 Å². The molecule has 0 spiro atoms. The maximum atomic E-state index is 4.76. The summed E-state index contributed by atoms with van der Waals surface area (Å²) in [6.07, 6.45) is 13.6. The number of nitrogens with zero attached hydrogens (tertiary/aromatic N) is 24. The van der Waals surface area contributed by atoms with E-state index in [0.29, 0.717) is 116 Å². The van der Waals surface area contributed by atoms with Crippen molar-refractivity contribution in [1.29, 1.82) is 0 Å². The average Bonchev–Trinajstić information content (AvgIpc) is 0.837. The second kappa shape index (κ2) is 59.4. The Hall–Kier alpha value is -8.28. The van der Waals surface area contributed by atoms with Crippen LogP contribution in [0.5, 0.6) is 0 Å². The normalized spacial score (nSPS) is 9.39. The van der Waals surface area contributed by atoms with E-state index < -0.39 is 0 Å². The number of fused-ring (bicyclic) bond motifs is 4. The number of halogens is 10. The number of hydrogen-bond acceptors (Lipinski definition) is 16. The summed E-state index contributed by atoms with van der Waals surface area (Å²) < 4.78 is 0. The minimum Gasteiger partial charge on any atom is -1.00 e. The molecule has 39 heteroatoms. The van der Waals surface area contributed by atoms with Crippen LogP contribution in [-0.4, -0.2) is 101 Å². The van der Waals surface area contributed by atoms with E-state index in [4.69, 9.17) is 92.8 Å². The largest absolute Gasteiger partial charge is 2.00 e. The first kappa shape index (κ1) is 103. The second-order valence-electron chi connectivity index (χ2n) is 20.3. The van der Waals surface area contributed by atoms with Gasteiger partial charge in [-0.15, -0.1) is 92.8 Å². The van der Waals surface area contributed by atoms with Gasteiger partial charge < -0.3 is 156 Å². The van der Waals surface area contributed by atoms with Gasteiger partial charge in [0, 0.05) is 116 Å². The predicted molar refractivity (Wildman–Crippen MR) is 440 cm³/mol. The third-order valence-electron chi connectivity index (χ3n) is 13.1. The molecule has 0 aromatic carbocycles. The fraction of sp³-hybridized carbons (Fsp3) is 0.0526. The smallest absolute Gasteiger partial charge is 1.00 e. The SMILES string of the molecule is ClCCl.ClCCl.ClCCl.ClCCl.[Br-].[Br-].[Cu+2].[Cu+2].[Cu+2].[Cu+2].[Cu+2].c1ccc([N-]c2ccc3ccc([N-]c4ccccn4)nc3n2)nc1.c1ccc([N-]c2ccc3ccc([N-]c4ccccn4)nc3n2)nc1.c1ccc([N-]c2ccc3ccc([N-]c4ccccn4)nc3n2)nc1.c1ccc([N-]c2ccc3ccc([N-]c4ccccn4)nc3n2)nc1. The maximum Gasteiger partial charge on any atom is 2.00 e. The Morgan fingerprint density at radius 1 is 0.165 bits per heavy atom. The van der Waals surface area contributed by atoms with Crippen molar-refractivity contribution in [2.24, 2.45) is 0 Å². The average molecular weight is 2070 g/mol. The summed E-state index contributed by atoms with van der Waals surface area (Å²) >= 11 is 38.1. The number of alkyl halides is 8. The minimum atomic E-state index is 0. The van der Waals surface area contributed by atoms with Crippen LogP contribution in [0.2, 0.25) is 0 Å². The molecule has 0 N–H and O–H groups in total. The van der Waals surface area contributed by atoms with E-state index >= 15 is 0 Å².